The standard InChI is InChI=1S/C12H20N2O2S2/c1-4-14(8-12(2,3)16)11(15)7-17-5-10-6-18-9-13-10/h6,9,16H,4-5,7-8H2,1-3H3. The molecule has 0 fully saturated rings. The first-order valence-corrected chi connectivity index (χ1v) is 7.97. The molecule has 0 radical (unpaired) electrons. The molecule has 102 valence electrons. The number of likely N-dealkylation sites (N-methyl/N-ethyl adjacent to an activating group) is 1. The lowest BCUT2D eigenvalue weighted by atomic mass is 10.1. The first-order valence-electron chi connectivity index (χ1n) is 5.87. The van der Waals surface area contributed by atoms with E-state index in [-0.39, 0.29) is 5.91 Å². The maximum Gasteiger partial charge on any atom is 0.232 e. The van der Waals surface area contributed by atoms with E-state index in [2.05, 4.69) is 4.98 Å². The van der Waals surface area contributed by atoms with Crippen LogP contribution in [0.1, 0.15) is 26.5 Å². The molecule has 1 rings (SSSR count). The summed E-state index contributed by atoms with van der Waals surface area (Å²) >= 11 is 3.12. The molecule has 0 saturated carbocycles. The number of thiazole rings is 1. The van der Waals surface area contributed by atoms with Gasteiger partial charge in [-0.3, -0.25) is 4.79 Å². The highest BCUT2D eigenvalue weighted by molar-refractivity contribution is 7.99. The molecule has 1 aromatic rings. The van der Waals surface area contributed by atoms with E-state index in [9.17, 15) is 9.90 Å². The number of aromatic nitrogens is 1. The van der Waals surface area contributed by atoms with Crippen molar-refractivity contribution in [3.8, 4) is 0 Å². The van der Waals surface area contributed by atoms with Gasteiger partial charge in [0.1, 0.15) is 0 Å². The Morgan fingerprint density at radius 3 is 2.83 bits per heavy atom. The number of amides is 1. The van der Waals surface area contributed by atoms with E-state index in [1.165, 1.54) is 0 Å². The predicted octanol–water partition coefficient (Wildman–Crippen LogP) is 2.00. The van der Waals surface area contributed by atoms with Crippen molar-refractivity contribution in [1.82, 2.24) is 9.88 Å². The van der Waals surface area contributed by atoms with Crippen LogP contribution in [0.3, 0.4) is 0 Å². The number of thioether (sulfide) groups is 1. The van der Waals surface area contributed by atoms with Gasteiger partial charge in [0.2, 0.25) is 5.91 Å². The van der Waals surface area contributed by atoms with Gasteiger partial charge in [-0.05, 0) is 20.8 Å². The molecule has 1 heterocycles. The Morgan fingerprint density at radius 2 is 2.33 bits per heavy atom. The smallest absolute Gasteiger partial charge is 0.232 e. The highest BCUT2D eigenvalue weighted by atomic mass is 32.2. The molecular weight excluding hydrogens is 268 g/mol. The van der Waals surface area contributed by atoms with E-state index in [0.717, 1.165) is 11.4 Å². The molecule has 6 heteroatoms. The van der Waals surface area contributed by atoms with Crippen LogP contribution in [-0.2, 0) is 10.5 Å². The average molecular weight is 288 g/mol. The van der Waals surface area contributed by atoms with E-state index >= 15 is 0 Å². The summed E-state index contributed by atoms with van der Waals surface area (Å²) in [5.74, 6) is 1.26. The predicted molar refractivity (Wildman–Crippen MR) is 76.8 cm³/mol. The molecule has 4 nitrogen and oxygen atoms in total. The number of hydrogen-bond donors (Lipinski definition) is 1. The van der Waals surface area contributed by atoms with Gasteiger partial charge in [0.05, 0.1) is 22.6 Å². The molecule has 0 aromatic carbocycles. The second-order valence-electron chi connectivity index (χ2n) is 4.69. The van der Waals surface area contributed by atoms with Crippen LogP contribution >= 0.6 is 23.1 Å². The normalized spacial score (nSPS) is 11.6. The van der Waals surface area contributed by atoms with Crippen molar-refractivity contribution in [2.45, 2.75) is 32.1 Å². The molecule has 0 aliphatic rings. The fraction of sp³-hybridized carbons (Fsp3) is 0.667. The third-order valence-electron chi connectivity index (χ3n) is 2.27. The summed E-state index contributed by atoms with van der Waals surface area (Å²) in [4.78, 5) is 17.8. The molecule has 1 amide bonds. The maximum absolute atomic E-state index is 12.0. The van der Waals surface area contributed by atoms with Gasteiger partial charge in [0.25, 0.3) is 0 Å². The van der Waals surface area contributed by atoms with Gasteiger partial charge >= 0.3 is 0 Å². The third-order valence-corrected chi connectivity index (χ3v) is 3.86. The Bertz CT molecular complexity index is 361. The molecular formula is C12H20N2O2S2. The highest BCUT2D eigenvalue weighted by Gasteiger charge is 2.20. The fourth-order valence-electron chi connectivity index (χ4n) is 1.49. The second-order valence-corrected chi connectivity index (χ2v) is 6.40. The monoisotopic (exact) mass is 288 g/mol. The van der Waals surface area contributed by atoms with E-state index in [1.807, 2.05) is 12.3 Å². The average Bonchev–Trinajstić information content (AvgIpc) is 2.77. The topological polar surface area (TPSA) is 53.4 Å². The van der Waals surface area contributed by atoms with Crippen LogP contribution in [0, 0.1) is 0 Å². The Kier molecular flexibility index (Phi) is 6.11. The number of carbonyl (C=O) groups excluding carboxylic acids is 1. The summed E-state index contributed by atoms with van der Waals surface area (Å²) in [5.41, 5.74) is 1.97. The Balaban J connectivity index is 2.33. The van der Waals surface area contributed by atoms with Crippen molar-refractivity contribution in [1.29, 1.82) is 0 Å². The zero-order chi connectivity index (χ0) is 13.6. The Morgan fingerprint density at radius 1 is 1.61 bits per heavy atom. The van der Waals surface area contributed by atoms with Crippen LogP contribution in [0.25, 0.3) is 0 Å². The third kappa shape index (κ3) is 5.84. The van der Waals surface area contributed by atoms with E-state index < -0.39 is 5.60 Å². The summed E-state index contributed by atoms with van der Waals surface area (Å²) in [6.07, 6.45) is 0. The van der Waals surface area contributed by atoms with Crippen molar-refractivity contribution in [3.63, 3.8) is 0 Å². The largest absolute Gasteiger partial charge is 0.389 e. The zero-order valence-electron chi connectivity index (χ0n) is 11.0. The van der Waals surface area contributed by atoms with E-state index in [4.69, 9.17) is 0 Å². The van der Waals surface area contributed by atoms with Crippen molar-refractivity contribution in [2.24, 2.45) is 0 Å². The van der Waals surface area contributed by atoms with Crippen LogP contribution in [0.4, 0.5) is 0 Å². The molecule has 0 aliphatic carbocycles. The van der Waals surface area contributed by atoms with Gasteiger partial charge in [-0.15, -0.1) is 23.1 Å². The van der Waals surface area contributed by atoms with Crippen LogP contribution in [0.5, 0.6) is 0 Å². The summed E-state index contributed by atoms with van der Waals surface area (Å²) in [6.45, 7) is 6.35. The van der Waals surface area contributed by atoms with Gasteiger partial charge in [0, 0.05) is 24.2 Å². The minimum absolute atomic E-state index is 0.0693. The lowest BCUT2D eigenvalue weighted by molar-refractivity contribution is -0.131. The highest BCUT2D eigenvalue weighted by Crippen LogP contribution is 2.13. The molecule has 0 unspecified atom stereocenters. The lowest BCUT2D eigenvalue weighted by Crippen LogP contribution is -2.42. The number of hydrogen-bond acceptors (Lipinski definition) is 5. The minimum atomic E-state index is -0.842. The van der Waals surface area contributed by atoms with Crippen molar-refractivity contribution in [2.75, 3.05) is 18.8 Å². The van der Waals surface area contributed by atoms with Crippen LogP contribution in [-0.4, -0.2) is 45.3 Å². The van der Waals surface area contributed by atoms with Crippen LogP contribution in [0.15, 0.2) is 10.9 Å². The number of rotatable bonds is 7. The molecule has 0 spiro atoms. The fourth-order valence-corrected chi connectivity index (χ4v) is 2.98. The Labute approximate surface area is 116 Å². The van der Waals surface area contributed by atoms with Gasteiger partial charge in [-0.25, -0.2) is 4.98 Å². The number of nitrogens with zero attached hydrogens (tertiary/aromatic N) is 2. The van der Waals surface area contributed by atoms with Gasteiger partial charge < -0.3 is 10.0 Å². The molecule has 0 atom stereocenters. The summed E-state index contributed by atoms with van der Waals surface area (Å²) in [7, 11) is 0. The van der Waals surface area contributed by atoms with Gasteiger partial charge in [0.15, 0.2) is 0 Å². The number of aliphatic hydroxyl groups is 1. The molecule has 0 aliphatic heterocycles. The summed E-state index contributed by atoms with van der Waals surface area (Å²) in [5, 5.41) is 11.7. The maximum atomic E-state index is 12.0. The minimum Gasteiger partial charge on any atom is -0.389 e. The van der Waals surface area contributed by atoms with Crippen LogP contribution in [0.2, 0.25) is 0 Å². The summed E-state index contributed by atoms with van der Waals surface area (Å²) in [6, 6.07) is 0. The van der Waals surface area contributed by atoms with E-state index in [1.54, 1.807) is 47.4 Å². The molecule has 18 heavy (non-hydrogen) atoms. The van der Waals surface area contributed by atoms with E-state index in [0.29, 0.717) is 18.8 Å². The summed E-state index contributed by atoms with van der Waals surface area (Å²) < 4.78 is 0. The second kappa shape index (κ2) is 7.11. The quantitative estimate of drug-likeness (QED) is 0.834. The SMILES string of the molecule is CCN(CC(C)(C)O)C(=O)CSCc1cscn1. The van der Waals surface area contributed by atoms with Crippen molar-refractivity contribution in [3.05, 3.63) is 16.6 Å². The lowest BCUT2D eigenvalue weighted by Gasteiger charge is -2.28. The first kappa shape index (κ1) is 15.5. The molecule has 1 N–H and O–H groups in total. The molecule has 1 aromatic heterocycles. The molecule has 0 bridgehead atoms. The Hall–Kier alpha value is -0.590. The van der Waals surface area contributed by atoms with Gasteiger partial charge in [-0.2, -0.15) is 0 Å². The molecule has 0 saturated heterocycles. The van der Waals surface area contributed by atoms with Crippen molar-refractivity contribution >= 4 is 29.0 Å². The zero-order valence-corrected chi connectivity index (χ0v) is 12.7. The van der Waals surface area contributed by atoms with Gasteiger partial charge in [-0.1, -0.05) is 0 Å². The first-order chi connectivity index (χ1) is 8.42. The van der Waals surface area contributed by atoms with Crippen LogP contribution < -0.4 is 0 Å². The number of carbonyl (C=O) groups is 1. The van der Waals surface area contributed by atoms with Crippen molar-refractivity contribution < 1.29 is 9.90 Å².